The Labute approximate surface area is 102 Å². The van der Waals surface area contributed by atoms with E-state index in [1.165, 1.54) is 6.07 Å². The van der Waals surface area contributed by atoms with Crippen molar-refractivity contribution in [1.29, 1.82) is 0 Å². The first-order valence-electron chi connectivity index (χ1n) is 4.87. The molecule has 0 heterocycles. The first-order chi connectivity index (χ1) is 7.66. The lowest BCUT2D eigenvalue weighted by atomic mass is 10.0. The number of phenols is 1. The van der Waals surface area contributed by atoms with E-state index in [2.05, 4.69) is 15.9 Å². The van der Waals surface area contributed by atoms with Crippen LogP contribution in [-0.4, -0.2) is 5.11 Å². The van der Waals surface area contributed by atoms with E-state index in [1.807, 2.05) is 30.3 Å². The Balaban J connectivity index is 2.35. The fourth-order valence-electron chi connectivity index (χ4n) is 1.56. The predicted molar refractivity (Wildman–Crippen MR) is 65.0 cm³/mol. The monoisotopic (exact) mass is 280 g/mol. The summed E-state index contributed by atoms with van der Waals surface area (Å²) in [5.41, 5.74) is 1.59. The number of halogens is 2. The molecule has 0 amide bonds. The molecule has 0 aromatic heterocycles. The highest BCUT2D eigenvalue weighted by molar-refractivity contribution is 9.10. The summed E-state index contributed by atoms with van der Waals surface area (Å²) in [5, 5.41) is 9.21. The summed E-state index contributed by atoms with van der Waals surface area (Å²) in [6.45, 7) is 0. The van der Waals surface area contributed by atoms with Crippen molar-refractivity contribution in [2.45, 2.75) is 6.42 Å². The van der Waals surface area contributed by atoms with Crippen LogP contribution in [0.3, 0.4) is 0 Å². The molecule has 1 nitrogen and oxygen atoms in total. The molecule has 1 N–H and O–H groups in total. The number of rotatable bonds is 2. The Kier molecular flexibility index (Phi) is 3.25. The van der Waals surface area contributed by atoms with Gasteiger partial charge < -0.3 is 5.11 Å². The Morgan fingerprint density at radius 3 is 2.44 bits per heavy atom. The van der Waals surface area contributed by atoms with E-state index in [0.717, 1.165) is 11.6 Å². The molecule has 0 radical (unpaired) electrons. The molecule has 16 heavy (non-hydrogen) atoms. The van der Waals surface area contributed by atoms with E-state index in [0.29, 0.717) is 16.5 Å². The first kappa shape index (κ1) is 11.1. The molecule has 0 atom stereocenters. The molecule has 0 aliphatic carbocycles. The molecule has 0 saturated heterocycles. The van der Waals surface area contributed by atoms with Crippen molar-refractivity contribution in [3.8, 4) is 5.75 Å². The Morgan fingerprint density at radius 2 is 1.81 bits per heavy atom. The summed E-state index contributed by atoms with van der Waals surface area (Å²) in [7, 11) is 0. The molecule has 0 aliphatic rings. The highest BCUT2D eigenvalue weighted by Crippen LogP contribution is 2.27. The third-order valence-corrected chi connectivity index (χ3v) is 3.06. The molecule has 2 aromatic carbocycles. The van der Waals surface area contributed by atoms with E-state index in [-0.39, 0.29) is 5.75 Å². The lowest BCUT2D eigenvalue weighted by Crippen LogP contribution is -1.94. The quantitative estimate of drug-likeness (QED) is 0.885. The molecule has 0 bridgehead atoms. The fraction of sp³-hybridized carbons (Fsp3) is 0.0769. The number of aromatic hydroxyl groups is 1. The molecular weight excluding hydrogens is 271 g/mol. The van der Waals surface area contributed by atoms with Crippen LogP contribution in [0.1, 0.15) is 11.1 Å². The Bertz CT molecular complexity index is 474. The van der Waals surface area contributed by atoms with Crippen LogP contribution in [0.25, 0.3) is 0 Å². The third-order valence-electron chi connectivity index (χ3n) is 2.35. The maximum absolute atomic E-state index is 13.6. The molecule has 82 valence electrons. The molecule has 2 aromatic rings. The lowest BCUT2D eigenvalue weighted by molar-refractivity contribution is 0.467. The van der Waals surface area contributed by atoms with Crippen LogP contribution < -0.4 is 0 Å². The summed E-state index contributed by atoms with van der Waals surface area (Å²) in [6.07, 6.45) is 0.507. The molecule has 0 aliphatic heterocycles. The van der Waals surface area contributed by atoms with Crippen molar-refractivity contribution in [3.63, 3.8) is 0 Å². The topological polar surface area (TPSA) is 20.2 Å². The molecule has 2 rings (SSSR count). The molecule has 0 spiro atoms. The van der Waals surface area contributed by atoms with Crippen LogP contribution in [0.15, 0.2) is 46.9 Å². The average Bonchev–Trinajstić information content (AvgIpc) is 2.25. The summed E-state index contributed by atoms with van der Waals surface area (Å²) in [5.74, 6) is -0.461. The fourth-order valence-corrected chi connectivity index (χ4v) is 2.12. The van der Waals surface area contributed by atoms with Crippen LogP contribution in [-0.2, 0) is 6.42 Å². The number of hydrogen-bond donors (Lipinski definition) is 1. The van der Waals surface area contributed by atoms with Gasteiger partial charge in [-0.3, -0.25) is 0 Å². The van der Waals surface area contributed by atoms with Crippen molar-refractivity contribution in [2.75, 3.05) is 0 Å². The van der Waals surface area contributed by atoms with E-state index in [1.54, 1.807) is 0 Å². The molecule has 0 saturated carbocycles. The Hall–Kier alpha value is -1.35. The highest BCUT2D eigenvalue weighted by Gasteiger charge is 2.09. The van der Waals surface area contributed by atoms with Crippen LogP contribution >= 0.6 is 15.9 Å². The zero-order chi connectivity index (χ0) is 11.5. The second-order valence-electron chi connectivity index (χ2n) is 3.55. The van der Waals surface area contributed by atoms with Gasteiger partial charge in [0.25, 0.3) is 0 Å². The zero-order valence-corrected chi connectivity index (χ0v) is 10.0. The van der Waals surface area contributed by atoms with Gasteiger partial charge >= 0.3 is 0 Å². The summed E-state index contributed by atoms with van der Waals surface area (Å²) in [6, 6.07) is 12.3. The lowest BCUT2D eigenvalue weighted by Gasteiger charge is -2.07. The second-order valence-corrected chi connectivity index (χ2v) is 4.40. The maximum atomic E-state index is 13.6. The number of phenolic OH excluding ortho intramolecular Hbond substituents is 1. The SMILES string of the molecule is Oc1cc(F)c(Cc2ccccc2)c(Br)c1. The predicted octanol–water partition coefficient (Wildman–Crippen LogP) is 3.88. The normalized spacial score (nSPS) is 10.4. The number of hydrogen-bond acceptors (Lipinski definition) is 1. The van der Waals surface area contributed by atoms with Gasteiger partial charge in [-0.2, -0.15) is 0 Å². The minimum atomic E-state index is -0.393. The average molecular weight is 281 g/mol. The molecule has 3 heteroatoms. The smallest absolute Gasteiger partial charge is 0.131 e. The third kappa shape index (κ3) is 2.42. The van der Waals surface area contributed by atoms with E-state index in [9.17, 15) is 9.50 Å². The van der Waals surface area contributed by atoms with Gasteiger partial charge in [0.1, 0.15) is 11.6 Å². The first-order valence-corrected chi connectivity index (χ1v) is 5.67. The number of benzene rings is 2. The minimum absolute atomic E-state index is 0.0683. The van der Waals surface area contributed by atoms with Gasteiger partial charge in [-0.05, 0) is 11.6 Å². The van der Waals surface area contributed by atoms with Crippen molar-refractivity contribution in [2.24, 2.45) is 0 Å². The molecule has 0 unspecified atom stereocenters. The minimum Gasteiger partial charge on any atom is -0.508 e. The van der Waals surface area contributed by atoms with Gasteiger partial charge in [0.2, 0.25) is 0 Å². The standard InChI is InChI=1S/C13H10BrFO/c14-12-7-10(16)8-13(15)11(12)6-9-4-2-1-3-5-9/h1-5,7-8,16H,6H2. The van der Waals surface area contributed by atoms with Crippen LogP contribution in [0.2, 0.25) is 0 Å². The molecule has 0 fully saturated rings. The van der Waals surface area contributed by atoms with Crippen molar-refractivity contribution < 1.29 is 9.50 Å². The summed E-state index contributed by atoms with van der Waals surface area (Å²) < 4.78 is 14.2. The largest absolute Gasteiger partial charge is 0.508 e. The van der Waals surface area contributed by atoms with Crippen molar-refractivity contribution >= 4 is 15.9 Å². The van der Waals surface area contributed by atoms with Crippen LogP contribution in [0.4, 0.5) is 4.39 Å². The van der Waals surface area contributed by atoms with Crippen molar-refractivity contribution in [1.82, 2.24) is 0 Å². The van der Waals surface area contributed by atoms with Gasteiger partial charge in [-0.15, -0.1) is 0 Å². The highest BCUT2D eigenvalue weighted by atomic mass is 79.9. The van der Waals surface area contributed by atoms with Gasteiger partial charge in [-0.25, -0.2) is 4.39 Å². The Morgan fingerprint density at radius 1 is 1.12 bits per heavy atom. The van der Waals surface area contributed by atoms with Crippen LogP contribution in [0.5, 0.6) is 5.75 Å². The van der Waals surface area contributed by atoms with Gasteiger partial charge in [0.05, 0.1) is 0 Å². The maximum Gasteiger partial charge on any atom is 0.131 e. The van der Waals surface area contributed by atoms with Gasteiger partial charge in [0.15, 0.2) is 0 Å². The van der Waals surface area contributed by atoms with E-state index >= 15 is 0 Å². The molecular formula is C13H10BrFO. The zero-order valence-electron chi connectivity index (χ0n) is 8.45. The van der Waals surface area contributed by atoms with E-state index in [4.69, 9.17) is 0 Å². The van der Waals surface area contributed by atoms with E-state index < -0.39 is 5.82 Å². The summed E-state index contributed by atoms with van der Waals surface area (Å²) in [4.78, 5) is 0. The van der Waals surface area contributed by atoms with Crippen molar-refractivity contribution in [3.05, 3.63) is 63.9 Å². The second kappa shape index (κ2) is 4.66. The summed E-state index contributed by atoms with van der Waals surface area (Å²) >= 11 is 3.26. The van der Waals surface area contributed by atoms with Gasteiger partial charge in [0, 0.05) is 22.5 Å². The van der Waals surface area contributed by atoms with Gasteiger partial charge in [-0.1, -0.05) is 46.3 Å². The van der Waals surface area contributed by atoms with Crippen LogP contribution in [0, 0.1) is 5.82 Å².